The third kappa shape index (κ3) is 3.92. The fourth-order valence-electron chi connectivity index (χ4n) is 2.69. The van der Waals surface area contributed by atoms with Crippen LogP contribution in [0.15, 0.2) is 59.3 Å². The van der Waals surface area contributed by atoms with Crippen LogP contribution >= 0.6 is 11.6 Å². The van der Waals surface area contributed by atoms with Crippen molar-refractivity contribution in [1.29, 1.82) is 0 Å². The lowest BCUT2D eigenvalue weighted by Crippen LogP contribution is -2.32. The molecule has 28 heavy (non-hydrogen) atoms. The van der Waals surface area contributed by atoms with E-state index < -0.39 is 17.8 Å². The van der Waals surface area contributed by atoms with E-state index in [0.29, 0.717) is 16.9 Å². The minimum Gasteiger partial charge on any atom is -0.459 e. The van der Waals surface area contributed by atoms with Gasteiger partial charge in [0.2, 0.25) is 0 Å². The zero-order valence-corrected chi connectivity index (χ0v) is 16.4. The summed E-state index contributed by atoms with van der Waals surface area (Å²) >= 11 is 6.13. The molecule has 0 fully saturated rings. The van der Waals surface area contributed by atoms with Crippen molar-refractivity contribution in [1.82, 2.24) is 0 Å². The molecular weight excluding hydrogens is 380 g/mol. The Morgan fingerprint density at radius 2 is 1.75 bits per heavy atom. The zero-order chi connectivity index (χ0) is 20.4. The fraction of sp³-hybridized carbons (Fsp3) is 0.190. The predicted octanol–water partition coefficient (Wildman–Crippen LogP) is 4.00. The number of carbonyl (C=O) groups excluding carboxylic acids is 3. The summed E-state index contributed by atoms with van der Waals surface area (Å²) in [7, 11) is 0. The SMILES string of the molecule is Cc1ccc(N2C(=O)C(Cl)=C(Nc3cccc(C(=O)OC(C)C)c3)C2=O)cc1. The molecule has 1 N–H and O–H groups in total. The van der Waals surface area contributed by atoms with Gasteiger partial charge in [-0.25, -0.2) is 9.69 Å². The van der Waals surface area contributed by atoms with Gasteiger partial charge in [-0.1, -0.05) is 35.4 Å². The first kappa shape index (κ1) is 19.6. The van der Waals surface area contributed by atoms with Crippen molar-refractivity contribution in [2.24, 2.45) is 0 Å². The van der Waals surface area contributed by atoms with E-state index in [4.69, 9.17) is 16.3 Å². The second kappa shape index (κ2) is 7.86. The Morgan fingerprint density at radius 3 is 2.39 bits per heavy atom. The summed E-state index contributed by atoms with van der Waals surface area (Å²) in [6, 6.07) is 13.4. The van der Waals surface area contributed by atoms with Gasteiger partial charge in [0.05, 0.1) is 17.4 Å². The highest BCUT2D eigenvalue weighted by molar-refractivity contribution is 6.53. The number of hydrogen-bond acceptors (Lipinski definition) is 5. The highest BCUT2D eigenvalue weighted by Crippen LogP contribution is 2.30. The van der Waals surface area contributed by atoms with Crippen molar-refractivity contribution >= 4 is 40.8 Å². The molecule has 0 unspecified atom stereocenters. The van der Waals surface area contributed by atoms with Gasteiger partial charge in [0, 0.05) is 5.69 Å². The van der Waals surface area contributed by atoms with Crippen LogP contribution in [0.5, 0.6) is 0 Å². The maximum absolute atomic E-state index is 12.8. The number of benzene rings is 2. The molecule has 0 spiro atoms. The number of anilines is 2. The van der Waals surface area contributed by atoms with Gasteiger partial charge in [0.1, 0.15) is 10.7 Å². The normalized spacial score (nSPS) is 14.1. The third-order valence-corrected chi connectivity index (χ3v) is 4.38. The number of amides is 2. The van der Waals surface area contributed by atoms with Crippen LogP contribution in [0.4, 0.5) is 11.4 Å². The maximum Gasteiger partial charge on any atom is 0.338 e. The molecule has 0 aromatic heterocycles. The summed E-state index contributed by atoms with van der Waals surface area (Å²) in [5.74, 6) is -1.64. The highest BCUT2D eigenvalue weighted by atomic mass is 35.5. The molecule has 1 heterocycles. The fourth-order valence-corrected chi connectivity index (χ4v) is 2.90. The Balaban J connectivity index is 1.84. The molecule has 0 saturated heterocycles. The van der Waals surface area contributed by atoms with E-state index in [0.717, 1.165) is 10.5 Å². The van der Waals surface area contributed by atoms with Crippen molar-refractivity contribution in [2.45, 2.75) is 26.9 Å². The molecule has 2 amide bonds. The van der Waals surface area contributed by atoms with Crippen LogP contribution in [0.25, 0.3) is 0 Å². The lowest BCUT2D eigenvalue weighted by molar-refractivity contribution is -0.120. The van der Waals surface area contributed by atoms with Crippen LogP contribution in [-0.4, -0.2) is 23.9 Å². The van der Waals surface area contributed by atoms with E-state index in [-0.39, 0.29) is 16.8 Å². The van der Waals surface area contributed by atoms with Crippen LogP contribution in [0.2, 0.25) is 0 Å². The first-order valence-corrected chi connectivity index (χ1v) is 9.09. The average molecular weight is 399 g/mol. The van der Waals surface area contributed by atoms with Crippen molar-refractivity contribution < 1.29 is 19.1 Å². The van der Waals surface area contributed by atoms with E-state index in [2.05, 4.69) is 5.32 Å². The van der Waals surface area contributed by atoms with Crippen LogP contribution < -0.4 is 10.2 Å². The molecular formula is C21H19ClN2O4. The van der Waals surface area contributed by atoms with Crippen LogP contribution in [0, 0.1) is 6.92 Å². The summed E-state index contributed by atoms with van der Waals surface area (Å²) in [5, 5.41) is 2.65. The quantitative estimate of drug-likeness (QED) is 0.608. The number of rotatable bonds is 5. The van der Waals surface area contributed by atoms with Gasteiger partial charge < -0.3 is 10.1 Å². The molecule has 6 nitrogen and oxygen atoms in total. The molecule has 1 aliphatic rings. The van der Waals surface area contributed by atoms with Gasteiger partial charge in [-0.2, -0.15) is 0 Å². The molecule has 3 rings (SSSR count). The molecule has 2 aromatic carbocycles. The third-order valence-electron chi connectivity index (χ3n) is 4.03. The van der Waals surface area contributed by atoms with Crippen LogP contribution in [-0.2, 0) is 14.3 Å². The summed E-state index contributed by atoms with van der Waals surface area (Å²) in [6.07, 6.45) is -0.252. The number of halogens is 1. The van der Waals surface area contributed by atoms with Gasteiger partial charge in [-0.05, 0) is 51.1 Å². The van der Waals surface area contributed by atoms with E-state index in [9.17, 15) is 14.4 Å². The topological polar surface area (TPSA) is 75.7 Å². The Kier molecular flexibility index (Phi) is 5.51. The van der Waals surface area contributed by atoms with E-state index in [1.54, 1.807) is 56.3 Å². The number of hydrogen-bond donors (Lipinski definition) is 1. The molecule has 0 bridgehead atoms. The number of nitrogens with zero attached hydrogens (tertiary/aromatic N) is 1. The monoisotopic (exact) mass is 398 g/mol. The van der Waals surface area contributed by atoms with Gasteiger partial charge in [-0.15, -0.1) is 0 Å². The molecule has 2 aromatic rings. The zero-order valence-electron chi connectivity index (χ0n) is 15.7. The van der Waals surface area contributed by atoms with Gasteiger partial charge in [0.15, 0.2) is 0 Å². The largest absolute Gasteiger partial charge is 0.459 e. The summed E-state index contributed by atoms with van der Waals surface area (Å²) in [6.45, 7) is 5.42. The average Bonchev–Trinajstić information content (AvgIpc) is 2.86. The van der Waals surface area contributed by atoms with Crippen molar-refractivity contribution in [3.63, 3.8) is 0 Å². The Hall–Kier alpha value is -3.12. The number of ether oxygens (including phenoxy) is 1. The van der Waals surface area contributed by atoms with E-state index in [1.165, 1.54) is 6.07 Å². The number of aryl methyl sites for hydroxylation is 1. The lowest BCUT2D eigenvalue weighted by atomic mass is 10.2. The predicted molar refractivity (Wildman–Crippen MR) is 107 cm³/mol. The van der Waals surface area contributed by atoms with Crippen molar-refractivity contribution in [3.05, 3.63) is 70.4 Å². The van der Waals surface area contributed by atoms with Crippen LogP contribution in [0.1, 0.15) is 29.8 Å². The lowest BCUT2D eigenvalue weighted by Gasteiger charge is -2.15. The highest BCUT2D eigenvalue weighted by Gasteiger charge is 2.38. The Labute approximate surface area is 167 Å². The summed E-state index contributed by atoms with van der Waals surface area (Å²) in [4.78, 5) is 38.4. The van der Waals surface area contributed by atoms with Gasteiger partial charge in [-0.3, -0.25) is 9.59 Å². The number of nitrogens with one attached hydrogen (secondary N) is 1. The molecule has 0 saturated carbocycles. The van der Waals surface area contributed by atoms with E-state index in [1.807, 2.05) is 6.92 Å². The number of esters is 1. The minimum absolute atomic E-state index is 0.0402. The minimum atomic E-state index is -0.603. The standard InChI is InChI=1S/C21H19ClN2O4/c1-12(2)28-21(27)14-5-4-6-15(11-14)23-18-17(22)19(25)24(20(18)26)16-9-7-13(3)8-10-16/h4-12,23H,1-3H3. The second-order valence-corrected chi connectivity index (χ2v) is 7.01. The van der Waals surface area contributed by atoms with Crippen molar-refractivity contribution in [3.8, 4) is 0 Å². The number of carbonyl (C=O) groups is 3. The Bertz CT molecular complexity index is 980. The second-order valence-electron chi connectivity index (χ2n) is 6.63. The molecule has 1 aliphatic heterocycles. The van der Waals surface area contributed by atoms with Crippen molar-refractivity contribution in [2.75, 3.05) is 10.2 Å². The number of imide groups is 1. The van der Waals surface area contributed by atoms with Gasteiger partial charge in [0.25, 0.3) is 11.8 Å². The Morgan fingerprint density at radius 1 is 1.07 bits per heavy atom. The molecule has 144 valence electrons. The van der Waals surface area contributed by atoms with E-state index >= 15 is 0 Å². The first-order valence-electron chi connectivity index (χ1n) is 8.71. The molecule has 7 heteroatoms. The smallest absolute Gasteiger partial charge is 0.338 e. The molecule has 0 atom stereocenters. The summed E-state index contributed by atoms with van der Waals surface area (Å²) in [5.41, 5.74) is 2.16. The summed E-state index contributed by atoms with van der Waals surface area (Å²) < 4.78 is 5.17. The maximum atomic E-state index is 12.8. The molecule has 0 radical (unpaired) electrons. The first-order chi connectivity index (χ1) is 13.3. The van der Waals surface area contributed by atoms with Gasteiger partial charge >= 0.3 is 5.97 Å². The van der Waals surface area contributed by atoms with Crippen LogP contribution in [0.3, 0.4) is 0 Å². The molecule has 0 aliphatic carbocycles.